The molecule has 3 heterocycles. The van der Waals surface area contributed by atoms with Crippen LogP contribution in [0.1, 0.15) is 40.5 Å². The largest absolute Gasteiger partial charge is 0.496 e. The van der Waals surface area contributed by atoms with Crippen molar-refractivity contribution in [3.63, 3.8) is 0 Å². The summed E-state index contributed by atoms with van der Waals surface area (Å²) in [6, 6.07) is 11.2. The van der Waals surface area contributed by atoms with Crippen LogP contribution in [-0.4, -0.2) is 57.3 Å². The minimum Gasteiger partial charge on any atom is -0.496 e. The third kappa shape index (κ3) is 5.03. The second-order valence-corrected chi connectivity index (χ2v) is 7.76. The molecule has 0 bridgehead atoms. The van der Waals surface area contributed by atoms with Crippen LogP contribution in [0.5, 0.6) is 5.75 Å². The molecular formula is C24H28N6O2. The Balaban J connectivity index is 1.37. The van der Waals surface area contributed by atoms with Gasteiger partial charge in [-0.25, -0.2) is 0 Å². The van der Waals surface area contributed by atoms with Gasteiger partial charge in [0, 0.05) is 50.6 Å². The molecule has 3 aromatic rings. The van der Waals surface area contributed by atoms with Crippen LogP contribution in [0.4, 0.5) is 0 Å². The topological polar surface area (TPSA) is 85.2 Å². The summed E-state index contributed by atoms with van der Waals surface area (Å²) in [4.78, 5) is 18.9. The Labute approximate surface area is 187 Å². The van der Waals surface area contributed by atoms with E-state index in [4.69, 9.17) is 4.74 Å². The molecule has 0 saturated heterocycles. The van der Waals surface area contributed by atoms with Crippen molar-refractivity contribution in [2.45, 2.75) is 25.9 Å². The fourth-order valence-corrected chi connectivity index (χ4v) is 3.87. The molecule has 1 aliphatic heterocycles. The van der Waals surface area contributed by atoms with E-state index in [1.54, 1.807) is 31.6 Å². The van der Waals surface area contributed by atoms with E-state index >= 15 is 0 Å². The monoisotopic (exact) mass is 432 g/mol. The molecule has 0 saturated carbocycles. The highest BCUT2D eigenvalue weighted by molar-refractivity contribution is 5.94. The number of nitrogens with zero attached hydrogens (tertiary/aromatic N) is 5. The number of nitrogens with one attached hydrogen (secondary N) is 1. The Morgan fingerprint density at radius 1 is 1.19 bits per heavy atom. The lowest BCUT2D eigenvalue weighted by atomic mass is 10.2. The summed E-state index contributed by atoms with van der Waals surface area (Å²) in [7, 11) is 1.69. The third-order valence-corrected chi connectivity index (χ3v) is 5.61. The number of amides is 1. The predicted molar refractivity (Wildman–Crippen MR) is 122 cm³/mol. The molecule has 1 aliphatic rings. The van der Waals surface area contributed by atoms with E-state index in [2.05, 4.69) is 42.1 Å². The first-order chi connectivity index (χ1) is 15.7. The minimum absolute atomic E-state index is 0.167. The van der Waals surface area contributed by atoms with Crippen LogP contribution in [0.25, 0.3) is 6.08 Å². The summed E-state index contributed by atoms with van der Waals surface area (Å²) < 4.78 is 7.55. The average molecular weight is 433 g/mol. The lowest BCUT2D eigenvalue weighted by Gasteiger charge is -2.18. The Morgan fingerprint density at radius 3 is 2.88 bits per heavy atom. The van der Waals surface area contributed by atoms with Gasteiger partial charge in [-0.2, -0.15) is 0 Å². The van der Waals surface area contributed by atoms with Gasteiger partial charge in [0.15, 0.2) is 5.82 Å². The van der Waals surface area contributed by atoms with Gasteiger partial charge >= 0.3 is 0 Å². The number of aromatic nitrogens is 4. The fraction of sp³-hybridized carbons (Fsp3) is 0.333. The molecule has 166 valence electrons. The molecular weight excluding hydrogens is 404 g/mol. The number of para-hydroxylation sites is 1. The normalized spacial score (nSPS) is 15.2. The van der Waals surface area contributed by atoms with Crippen LogP contribution in [0, 0.1) is 0 Å². The molecule has 1 atom stereocenters. The zero-order chi connectivity index (χ0) is 22.3. The van der Waals surface area contributed by atoms with E-state index in [9.17, 15) is 4.79 Å². The molecule has 8 nitrogen and oxygen atoms in total. The number of methoxy groups -OCH3 is 1. The molecule has 1 amide bonds. The minimum atomic E-state index is -0.249. The smallest absolute Gasteiger partial charge is 0.253 e. The maximum absolute atomic E-state index is 12.5. The van der Waals surface area contributed by atoms with E-state index < -0.39 is 0 Å². The zero-order valence-corrected chi connectivity index (χ0v) is 18.4. The number of hydrogen-bond acceptors (Lipinski definition) is 6. The molecule has 0 spiro atoms. The van der Waals surface area contributed by atoms with Gasteiger partial charge in [0.05, 0.1) is 18.7 Å². The maximum Gasteiger partial charge on any atom is 0.253 e. The quantitative estimate of drug-likeness (QED) is 0.618. The molecule has 32 heavy (non-hydrogen) atoms. The molecule has 0 fully saturated rings. The van der Waals surface area contributed by atoms with Gasteiger partial charge in [-0.05, 0) is 25.1 Å². The summed E-state index contributed by atoms with van der Waals surface area (Å²) >= 11 is 0. The molecule has 4 rings (SSSR count). The van der Waals surface area contributed by atoms with E-state index in [0.29, 0.717) is 5.56 Å². The molecule has 1 aromatic carbocycles. The van der Waals surface area contributed by atoms with Crippen LogP contribution >= 0.6 is 0 Å². The Morgan fingerprint density at radius 2 is 2.06 bits per heavy atom. The first-order valence-electron chi connectivity index (χ1n) is 10.8. The summed E-state index contributed by atoms with van der Waals surface area (Å²) in [6.07, 6.45) is 8.30. The maximum atomic E-state index is 12.5. The van der Waals surface area contributed by atoms with Crippen molar-refractivity contribution in [1.29, 1.82) is 0 Å². The van der Waals surface area contributed by atoms with Crippen molar-refractivity contribution in [3.05, 3.63) is 77.6 Å². The number of fused-ring (bicyclic) bond motifs is 1. The highest BCUT2D eigenvalue weighted by atomic mass is 16.5. The van der Waals surface area contributed by atoms with Gasteiger partial charge in [0.25, 0.3) is 5.91 Å². The molecule has 1 N–H and O–H groups in total. The molecule has 8 heteroatoms. The van der Waals surface area contributed by atoms with Crippen molar-refractivity contribution in [2.75, 3.05) is 26.7 Å². The highest BCUT2D eigenvalue weighted by Gasteiger charge is 2.22. The van der Waals surface area contributed by atoms with Crippen molar-refractivity contribution >= 4 is 12.0 Å². The van der Waals surface area contributed by atoms with Gasteiger partial charge in [0.1, 0.15) is 11.6 Å². The molecule has 0 radical (unpaired) electrons. The van der Waals surface area contributed by atoms with Crippen LogP contribution in [0.15, 0.2) is 54.9 Å². The number of hydrogen-bond donors (Lipinski definition) is 1. The molecule has 1 unspecified atom stereocenters. The Bertz CT molecular complexity index is 1080. The lowest BCUT2D eigenvalue weighted by molar-refractivity contribution is 0.0937. The average Bonchev–Trinajstić information content (AvgIpc) is 3.13. The van der Waals surface area contributed by atoms with Crippen molar-refractivity contribution in [3.8, 4) is 5.75 Å². The predicted octanol–water partition coefficient (Wildman–Crippen LogP) is 2.74. The summed E-state index contributed by atoms with van der Waals surface area (Å²) in [5.74, 6) is 2.44. The number of rotatable bonds is 7. The van der Waals surface area contributed by atoms with Crippen LogP contribution in [-0.2, 0) is 13.0 Å². The number of ether oxygens (including phenoxy) is 1. The van der Waals surface area contributed by atoms with E-state index in [1.807, 2.05) is 31.2 Å². The Kier molecular flexibility index (Phi) is 6.91. The zero-order valence-electron chi connectivity index (χ0n) is 18.4. The number of pyridine rings is 1. The van der Waals surface area contributed by atoms with Crippen molar-refractivity contribution in [1.82, 2.24) is 30.0 Å². The van der Waals surface area contributed by atoms with Gasteiger partial charge in [0.2, 0.25) is 0 Å². The SMILES string of the molecule is COc1ccccc1C=CCN1CCc2nnc(C(C)NC(=O)c3cccnc3)n2CC1. The van der Waals surface area contributed by atoms with E-state index in [-0.39, 0.29) is 11.9 Å². The van der Waals surface area contributed by atoms with Crippen LogP contribution < -0.4 is 10.1 Å². The Hall–Kier alpha value is -3.52. The van der Waals surface area contributed by atoms with Crippen LogP contribution in [0.2, 0.25) is 0 Å². The fourth-order valence-electron chi connectivity index (χ4n) is 3.87. The standard InChI is InChI=1S/C24H28N6O2/c1-18(26-24(31)20-8-5-12-25-17-20)23-28-27-22-11-14-29(15-16-30(22)23)13-6-9-19-7-3-4-10-21(19)32-2/h3-10,12,17-18H,11,13-16H2,1-2H3,(H,26,31). The third-order valence-electron chi connectivity index (χ3n) is 5.61. The van der Waals surface area contributed by atoms with Crippen molar-refractivity contribution < 1.29 is 9.53 Å². The summed E-state index contributed by atoms with van der Waals surface area (Å²) in [5.41, 5.74) is 1.60. The van der Waals surface area contributed by atoms with Gasteiger partial charge in [-0.3, -0.25) is 14.7 Å². The number of benzene rings is 1. The lowest BCUT2D eigenvalue weighted by Crippen LogP contribution is -2.30. The van der Waals surface area contributed by atoms with Gasteiger partial charge < -0.3 is 14.6 Å². The van der Waals surface area contributed by atoms with Crippen molar-refractivity contribution in [2.24, 2.45) is 0 Å². The molecule has 2 aromatic heterocycles. The second kappa shape index (κ2) is 10.2. The highest BCUT2D eigenvalue weighted by Crippen LogP contribution is 2.19. The number of carbonyl (C=O) groups is 1. The van der Waals surface area contributed by atoms with E-state index in [1.165, 1.54) is 0 Å². The summed E-state index contributed by atoms with van der Waals surface area (Å²) in [6.45, 7) is 5.36. The summed E-state index contributed by atoms with van der Waals surface area (Å²) in [5, 5.41) is 11.8. The number of carbonyl (C=O) groups excluding carboxylic acids is 1. The molecule has 0 aliphatic carbocycles. The van der Waals surface area contributed by atoms with Gasteiger partial charge in [-0.1, -0.05) is 30.4 Å². The first-order valence-corrected chi connectivity index (χ1v) is 10.8. The van der Waals surface area contributed by atoms with Gasteiger partial charge in [-0.15, -0.1) is 10.2 Å². The second-order valence-electron chi connectivity index (χ2n) is 7.76. The van der Waals surface area contributed by atoms with Crippen LogP contribution in [0.3, 0.4) is 0 Å². The van der Waals surface area contributed by atoms with E-state index in [0.717, 1.165) is 55.6 Å². The first kappa shape index (κ1) is 21.7.